The van der Waals surface area contributed by atoms with Crippen LogP contribution < -0.4 is 0 Å². The highest BCUT2D eigenvalue weighted by Gasteiger charge is 2.16. The Hall–Kier alpha value is -2.00. The number of Topliss-reactive ketones (excluding diaryl/α,β-unsaturated/α-hetero) is 1. The van der Waals surface area contributed by atoms with Crippen molar-refractivity contribution < 1.29 is 4.79 Å². The van der Waals surface area contributed by atoms with Gasteiger partial charge in [-0.3, -0.25) is 9.78 Å². The van der Waals surface area contributed by atoms with E-state index < -0.39 is 0 Å². The summed E-state index contributed by atoms with van der Waals surface area (Å²) in [6, 6.07) is 12.5. The lowest BCUT2D eigenvalue weighted by Crippen LogP contribution is -2.22. The second-order valence-electron chi connectivity index (χ2n) is 5.24. The third-order valence-corrected chi connectivity index (χ3v) is 3.41. The molecule has 0 saturated heterocycles. The predicted octanol–water partition coefficient (Wildman–Crippen LogP) is 3.33. The van der Waals surface area contributed by atoms with Crippen LogP contribution in [0.2, 0.25) is 0 Å². The summed E-state index contributed by atoms with van der Waals surface area (Å²) in [5.74, 6) is 0.210. The fourth-order valence-corrected chi connectivity index (χ4v) is 2.31. The largest absolute Gasteiger partial charge is 0.302 e. The maximum Gasteiger partial charge on any atom is 0.131 e. The standard InChI is InChI=1S/C17H20N2O/c1-13(20)12-17(19(2)3)16-6-4-14(5-7-16)15-8-10-18-11-9-15/h4-11,17H,12H2,1-3H3. The van der Waals surface area contributed by atoms with Gasteiger partial charge in [-0.05, 0) is 49.8 Å². The maximum atomic E-state index is 11.4. The van der Waals surface area contributed by atoms with E-state index >= 15 is 0 Å². The minimum absolute atomic E-state index is 0.138. The van der Waals surface area contributed by atoms with Crippen LogP contribution in [0.25, 0.3) is 11.1 Å². The number of ketones is 1. The van der Waals surface area contributed by atoms with Gasteiger partial charge in [0.25, 0.3) is 0 Å². The van der Waals surface area contributed by atoms with E-state index in [4.69, 9.17) is 0 Å². The molecule has 0 aliphatic heterocycles. The highest BCUT2D eigenvalue weighted by Crippen LogP contribution is 2.25. The molecular weight excluding hydrogens is 248 g/mol. The number of nitrogens with zero attached hydrogens (tertiary/aromatic N) is 2. The van der Waals surface area contributed by atoms with E-state index in [0.717, 1.165) is 11.1 Å². The van der Waals surface area contributed by atoms with Crippen LogP contribution in [0.1, 0.15) is 24.9 Å². The van der Waals surface area contributed by atoms with Gasteiger partial charge < -0.3 is 4.90 Å². The normalized spacial score (nSPS) is 12.4. The van der Waals surface area contributed by atoms with Crippen LogP contribution in [0.15, 0.2) is 48.8 Å². The third kappa shape index (κ3) is 3.52. The van der Waals surface area contributed by atoms with Crippen molar-refractivity contribution in [1.29, 1.82) is 0 Å². The van der Waals surface area contributed by atoms with Gasteiger partial charge in [0.05, 0.1) is 0 Å². The van der Waals surface area contributed by atoms with Crippen LogP contribution in [0.4, 0.5) is 0 Å². The minimum atomic E-state index is 0.138. The zero-order chi connectivity index (χ0) is 14.5. The molecule has 104 valence electrons. The predicted molar refractivity (Wildman–Crippen MR) is 81.4 cm³/mol. The summed E-state index contributed by atoms with van der Waals surface area (Å²) >= 11 is 0. The van der Waals surface area contributed by atoms with Gasteiger partial charge in [0, 0.05) is 24.9 Å². The van der Waals surface area contributed by atoms with E-state index in [2.05, 4.69) is 34.1 Å². The molecule has 2 aromatic rings. The molecule has 1 atom stereocenters. The van der Waals surface area contributed by atoms with E-state index in [1.54, 1.807) is 19.3 Å². The average Bonchev–Trinajstić information content (AvgIpc) is 2.45. The molecule has 0 amide bonds. The molecule has 1 unspecified atom stereocenters. The van der Waals surface area contributed by atoms with Gasteiger partial charge in [-0.25, -0.2) is 0 Å². The fourth-order valence-electron chi connectivity index (χ4n) is 2.31. The number of pyridine rings is 1. The Balaban J connectivity index is 2.24. The van der Waals surface area contributed by atoms with Crippen molar-refractivity contribution in [2.24, 2.45) is 0 Å². The second-order valence-corrected chi connectivity index (χ2v) is 5.24. The molecule has 1 aromatic carbocycles. The zero-order valence-corrected chi connectivity index (χ0v) is 12.2. The highest BCUT2D eigenvalue weighted by atomic mass is 16.1. The van der Waals surface area contributed by atoms with Gasteiger partial charge >= 0.3 is 0 Å². The molecule has 2 rings (SSSR count). The fraction of sp³-hybridized carbons (Fsp3) is 0.294. The highest BCUT2D eigenvalue weighted by molar-refractivity contribution is 5.76. The summed E-state index contributed by atoms with van der Waals surface area (Å²) in [4.78, 5) is 17.5. The molecule has 1 heterocycles. The van der Waals surface area contributed by atoms with Gasteiger partial charge in [-0.15, -0.1) is 0 Å². The molecule has 0 bridgehead atoms. The van der Waals surface area contributed by atoms with Crippen LogP contribution >= 0.6 is 0 Å². The summed E-state index contributed by atoms with van der Waals surface area (Å²) in [5, 5.41) is 0. The van der Waals surface area contributed by atoms with Crippen molar-refractivity contribution in [2.75, 3.05) is 14.1 Å². The molecule has 0 N–H and O–H groups in total. The van der Waals surface area contributed by atoms with Crippen molar-refractivity contribution in [3.63, 3.8) is 0 Å². The Morgan fingerprint density at radius 1 is 1.05 bits per heavy atom. The summed E-state index contributed by atoms with van der Waals surface area (Å²) in [6.45, 7) is 1.64. The first-order valence-corrected chi connectivity index (χ1v) is 6.74. The van der Waals surface area contributed by atoms with E-state index in [9.17, 15) is 4.79 Å². The first-order valence-electron chi connectivity index (χ1n) is 6.74. The van der Waals surface area contributed by atoms with Gasteiger partial charge in [0.15, 0.2) is 0 Å². The monoisotopic (exact) mass is 268 g/mol. The average molecular weight is 268 g/mol. The van der Waals surface area contributed by atoms with Crippen molar-refractivity contribution in [3.8, 4) is 11.1 Å². The Kier molecular flexibility index (Phi) is 4.64. The molecular formula is C17H20N2O. The maximum absolute atomic E-state index is 11.4. The van der Waals surface area contributed by atoms with Crippen LogP contribution in [0, 0.1) is 0 Å². The second kappa shape index (κ2) is 6.44. The molecule has 0 saturated carbocycles. The SMILES string of the molecule is CC(=O)CC(c1ccc(-c2ccncc2)cc1)N(C)C. The quantitative estimate of drug-likeness (QED) is 0.834. The van der Waals surface area contributed by atoms with E-state index in [0.29, 0.717) is 6.42 Å². The van der Waals surface area contributed by atoms with Crippen molar-refractivity contribution in [3.05, 3.63) is 54.4 Å². The molecule has 3 heteroatoms. The summed E-state index contributed by atoms with van der Waals surface area (Å²) < 4.78 is 0. The summed E-state index contributed by atoms with van der Waals surface area (Å²) in [6.07, 6.45) is 4.13. The molecule has 0 fully saturated rings. The van der Waals surface area contributed by atoms with Gasteiger partial charge in [-0.1, -0.05) is 24.3 Å². The van der Waals surface area contributed by atoms with Crippen LogP contribution in [0.5, 0.6) is 0 Å². The van der Waals surface area contributed by atoms with E-state index in [1.165, 1.54) is 5.56 Å². The van der Waals surface area contributed by atoms with E-state index in [-0.39, 0.29) is 11.8 Å². The lowest BCUT2D eigenvalue weighted by Gasteiger charge is -2.24. The number of aromatic nitrogens is 1. The molecule has 0 aliphatic carbocycles. The molecule has 0 radical (unpaired) electrons. The third-order valence-electron chi connectivity index (χ3n) is 3.41. The lowest BCUT2D eigenvalue weighted by atomic mass is 9.98. The molecule has 0 aliphatic rings. The van der Waals surface area contributed by atoms with Crippen LogP contribution in [-0.4, -0.2) is 29.8 Å². The molecule has 20 heavy (non-hydrogen) atoms. The number of rotatable bonds is 5. The Bertz CT molecular complexity index is 561. The smallest absolute Gasteiger partial charge is 0.131 e. The van der Waals surface area contributed by atoms with Gasteiger partial charge in [0.2, 0.25) is 0 Å². The van der Waals surface area contributed by atoms with Crippen LogP contribution in [0.3, 0.4) is 0 Å². The number of carbonyl (C=O) groups excluding carboxylic acids is 1. The Morgan fingerprint density at radius 3 is 2.10 bits per heavy atom. The van der Waals surface area contributed by atoms with Crippen molar-refractivity contribution in [1.82, 2.24) is 9.88 Å². The number of carbonyl (C=O) groups is 1. The number of hydrogen-bond donors (Lipinski definition) is 0. The Morgan fingerprint density at radius 2 is 1.60 bits per heavy atom. The zero-order valence-electron chi connectivity index (χ0n) is 12.2. The first-order chi connectivity index (χ1) is 9.58. The van der Waals surface area contributed by atoms with Gasteiger partial charge in [0.1, 0.15) is 5.78 Å². The lowest BCUT2D eigenvalue weighted by molar-refractivity contribution is -0.118. The molecule has 3 nitrogen and oxygen atoms in total. The minimum Gasteiger partial charge on any atom is -0.302 e. The summed E-state index contributed by atoms with van der Waals surface area (Å²) in [5.41, 5.74) is 3.49. The summed E-state index contributed by atoms with van der Waals surface area (Å²) in [7, 11) is 4.01. The number of hydrogen-bond acceptors (Lipinski definition) is 3. The van der Waals surface area contributed by atoms with Gasteiger partial charge in [-0.2, -0.15) is 0 Å². The molecule has 1 aromatic heterocycles. The van der Waals surface area contributed by atoms with E-state index in [1.807, 2.05) is 26.2 Å². The first kappa shape index (κ1) is 14.4. The van der Waals surface area contributed by atoms with Crippen molar-refractivity contribution in [2.45, 2.75) is 19.4 Å². The number of benzene rings is 1. The van der Waals surface area contributed by atoms with Crippen molar-refractivity contribution >= 4 is 5.78 Å². The Labute approximate surface area is 120 Å². The molecule has 0 spiro atoms. The van der Waals surface area contributed by atoms with Crippen LogP contribution in [-0.2, 0) is 4.79 Å². The topological polar surface area (TPSA) is 33.2 Å².